The Morgan fingerprint density at radius 3 is 2.80 bits per heavy atom. The van der Waals surface area contributed by atoms with Gasteiger partial charge in [0, 0.05) is 17.8 Å². The molecule has 2 unspecified atom stereocenters. The van der Waals surface area contributed by atoms with E-state index in [1.807, 2.05) is 23.9 Å². The first-order valence-electron chi connectivity index (χ1n) is 8.80. The lowest BCUT2D eigenvalue weighted by Gasteiger charge is -2.17. The van der Waals surface area contributed by atoms with E-state index in [4.69, 9.17) is 4.99 Å². The largest absolute Gasteiger partial charge is 0.357 e. The third-order valence-electron chi connectivity index (χ3n) is 4.44. The molecule has 0 saturated heterocycles. The number of hydrogen-bond donors (Lipinski definition) is 2. The third kappa shape index (κ3) is 4.98. The molecule has 1 fully saturated rings. The Bertz CT molecular complexity index is 667. The van der Waals surface area contributed by atoms with Gasteiger partial charge in [-0.05, 0) is 50.1 Å². The third-order valence-corrected chi connectivity index (χ3v) is 5.54. The number of aliphatic imine (C=N–C) groups is 1. The lowest BCUT2D eigenvalue weighted by Crippen LogP contribution is -2.42. The van der Waals surface area contributed by atoms with E-state index in [0.717, 1.165) is 23.4 Å². The SMILES string of the molecule is CCNC(=NCc1ccc(-n2cncn2)cc1)NC1CCC(SC)C1. The maximum atomic E-state index is 4.74. The molecule has 1 aromatic carbocycles. The van der Waals surface area contributed by atoms with Crippen LogP contribution in [0.1, 0.15) is 31.7 Å². The fraction of sp³-hybridized carbons (Fsp3) is 0.500. The van der Waals surface area contributed by atoms with E-state index in [9.17, 15) is 0 Å². The van der Waals surface area contributed by atoms with Gasteiger partial charge in [-0.1, -0.05) is 12.1 Å². The van der Waals surface area contributed by atoms with Crippen molar-refractivity contribution in [2.75, 3.05) is 12.8 Å². The molecule has 7 heteroatoms. The maximum Gasteiger partial charge on any atom is 0.191 e. The zero-order chi connectivity index (χ0) is 17.5. The summed E-state index contributed by atoms with van der Waals surface area (Å²) in [6.45, 7) is 3.63. The van der Waals surface area contributed by atoms with E-state index < -0.39 is 0 Å². The van der Waals surface area contributed by atoms with E-state index in [1.54, 1.807) is 11.0 Å². The smallest absolute Gasteiger partial charge is 0.191 e. The first-order valence-corrected chi connectivity index (χ1v) is 10.1. The van der Waals surface area contributed by atoms with Crippen molar-refractivity contribution < 1.29 is 0 Å². The van der Waals surface area contributed by atoms with Crippen LogP contribution >= 0.6 is 11.8 Å². The van der Waals surface area contributed by atoms with Crippen LogP contribution in [-0.2, 0) is 6.54 Å². The van der Waals surface area contributed by atoms with Crippen LogP contribution in [0.5, 0.6) is 0 Å². The number of nitrogens with zero attached hydrogens (tertiary/aromatic N) is 4. The van der Waals surface area contributed by atoms with Crippen molar-refractivity contribution in [1.82, 2.24) is 25.4 Å². The minimum Gasteiger partial charge on any atom is -0.357 e. The van der Waals surface area contributed by atoms with Crippen molar-refractivity contribution in [2.24, 2.45) is 4.99 Å². The molecule has 1 saturated carbocycles. The van der Waals surface area contributed by atoms with Crippen molar-refractivity contribution in [3.63, 3.8) is 0 Å². The van der Waals surface area contributed by atoms with E-state index in [-0.39, 0.29) is 0 Å². The van der Waals surface area contributed by atoms with Crippen LogP contribution in [0.4, 0.5) is 0 Å². The number of aromatic nitrogens is 3. The highest BCUT2D eigenvalue weighted by atomic mass is 32.2. The summed E-state index contributed by atoms with van der Waals surface area (Å²) in [6.07, 6.45) is 9.18. The first kappa shape index (κ1) is 17.8. The van der Waals surface area contributed by atoms with Crippen molar-refractivity contribution in [3.8, 4) is 5.69 Å². The highest BCUT2D eigenvalue weighted by Gasteiger charge is 2.24. The van der Waals surface area contributed by atoms with Crippen molar-refractivity contribution in [2.45, 2.75) is 44.0 Å². The first-order chi connectivity index (χ1) is 12.3. The molecule has 2 aromatic rings. The lowest BCUT2D eigenvalue weighted by molar-refractivity contribution is 0.615. The fourth-order valence-electron chi connectivity index (χ4n) is 3.06. The second-order valence-electron chi connectivity index (χ2n) is 6.21. The molecule has 0 bridgehead atoms. The topological polar surface area (TPSA) is 67.1 Å². The molecule has 1 aliphatic rings. The van der Waals surface area contributed by atoms with Crippen LogP contribution in [0.25, 0.3) is 5.69 Å². The molecule has 1 aliphatic carbocycles. The average Bonchev–Trinajstić information content (AvgIpc) is 3.32. The van der Waals surface area contributed by atoms with Gasteiger partial charge in [0.05, 0.1) is 12.2 Å². The predicted molar refractivity (Wildman–Crippen MR) is 104 cm³/mol. The van der Waals surface area contributed by atoms with Gasteiger partial charge < -0.3 is 10.6 Å². The summed E-state index contributed by atoms with van der Waals surface area (Å²) < 4.78 is 1.75. The van der Waals surface area contributed by atoms with Gasteiger partial charge in [0.1, 0.15) is 12.7 Å². The summed E-state index contributed by atoms with van der Waals surface area (Å²) in [4.78, 5) is 8.72. The quantitative estimate of drug-likeness (QED) is 0.614. The molecule has 1 aromatic heterocycles. The molecule has 3 rings (SSSR count). The highest BCUT2D eigenvalue weighted by molar-refractivity contribution is 7.99. The summed E-state index contributed by atoms with van der Waals surface area (Å²) in [5.74, 6) is 0.912. The average molecular weight is 359 g/mol. The molecule has 0 amide bonds. The van der Waals surface area contributed by atoms with Gasteiger partial charge in [0.25, 0.3) is 0 Å². The summed E-state index contributed by atoms with van der Waals surface area (Å²) in [5.41, 5.74) is 2.18. The van der Waals surface area contributed by atoms with E-state index >= 15 is 0 Å². The number of hydrogen-bond acceptors (Lipinski definition) is 4. The van der Waals surface area contributed by atoms with E-state index in [2.05, 4.69) is 46.0 Å². The highest BCUT2D eigenvalue weighted by Crippen LogP contribution is 2.28. The maximum absolute atomic E-state index is 4.74. The van der Waals surface area contributed by atoms with Gasteiger partial charge in [-0.3, -0.25) is 0 Å². The Morgan fingerprint density at radius 2 is 2.16 bits per heavy atom. The molecule has 2 atom stereocenters. The van der Waals surface area contributed by atoms with Crippen LogP contribution in [0, 0.1) is 0 Å². The second-order valence-corrected chi connectivity index (χ2v) is 7.35. The molecular formula is C18H26N6S. The Kier molecular flexibility index (Phi) is 6.33. The molecule has 6 nitrogen and oxygen atoms in total. The molecule has 134 valence electrons. The van der Waals surface area contributed by atoms with Gasteiger partial charge in [0.15, 0.2) is 5.96 Å². The second kappa shape index (κ2) is 8.89. The zero-order valence-corrected chi connectivity index (χ0v) is 15.7. The minimum atomic E-state index is 0.532. The van der Waals surface area contributed by atoms with Gasteiger partial charge in [-0.2, -0.15) is 16.9 Å². The van der Waals surface area contributed by atoms with Gasteiger partial charge in [0.2, 0.25) is 0 Å². The minimum absolute atomic E-state index is 0.532. The van der Waals surface area contributed by atoms with E-state index in [1.165, 1.54) is 31.2 Å². The van der Waals surface area contributed by atoms with Crippen LogP contribution < -0.4 is 10.6 Å². The number of thioether (sulfide) groups is 1. The molecular weight excluding hydrogens is 332 g/mol. The summed E-state index contributed by atoms with van der Waals surface area (Å²) in [7, 11) is 0. The van der Waals surface area contributed by atoms with Crippen LogP contribution in [0.15, 0.2) is 41.9 Å². The molecule has 0 spiro atoms. The molecule has 2 N–H and O–H groups in total. The number of nitrogens with one attached hydrogen (secondary N) is 2. The van der Waals surface area contributed by atoms with Gasteiger partial charge in [-0.15, -0.1) is 0 Å². The molecule has 25 heavy (non-hydrogen) atoms. The lowest BCUT2D eigenvalue weighted by atomic mass is 10.2. The van der Waals surface area contributed by atoms with Gasteiger partial charge in [-0.25, -0.2) is 14.7 Å². The summed E-state index contributed by atoms with van der Waals surface area (Å²) in [5, 5.41) is 11.9. The van der Waals surface area contributed by atoms with Crippen molar-refractivity contribution in [1.29, 1.82) is 0 Å². The number of guanidine groups is 1. The van der Waals surface area contributed by atoms with E-state index in [0.29, 0.717) is 12.6 Å². The zero-order valence-electron chi connectivity index (χ0n) is 14.9. The standard InChI is InChI=1S/C18H26N6S/c1-3-20-18(23-15-6-9-17(10-15)25-2)21-11-14-4-7-16(8-5-14)24-13-19-12-22-24/h4-5,7-8,12-13,15,17H,3,6,9-11H2,1-2H3,(H2,20,21,23). The predicted octanol–water partition coefficient (Wildman–Crippen LogP) is 2.61. The monoisotopic (exact) mass is 358 g/mol. The number of benzene rings is 1. The molecule has 1 heterocycles. The Hall–Kier alpha value is -2.02. The van der Waals surface area contributed by atoms with Gasteiger partial charge >= 0.3 is 0 Å². The molecule has 0 aliphatic heterocycles. The Morgan fingerprint density at radius 1 is 1.32 bits per heavy atom. The molecule has 0 radical (unpaired) electrons. The fourth-order valence-corrected chi connectivity index (χ4v) is 3.86. The van der Waals surface area contributed by atoms with Crippen molar-refractivity contribution >= 4 is 17.7 Å². The van der Waals surface area contributed by atoms with Crippen LogP contribution in [-0.4, -0.2) is 44.8 Å². The normalized spacial score (nSPS) is 20.6. The Labute approximate surface area is 153 Å². The Balaban J connectivity index is 1.59. The number of rotatable bonds is 6. The van der Waals surface area contributed by atoms with Crippen molar-refractivity contribution in [3.05, 3.63) is 42.5 Å². The summed E-state index contributed by atoms with van der Waals surface area (Å²) >= 11 is 1.98. The summed E-state index contributed by atoms with van der Waals surface area (Å²) in [6, 6.07) is 8.79. The van der Waals surface area contributed by atoms with Crippen LogP contribution in [0.2, 0.25) is 0 Å². The van der Waals surface area contributed by atoms with Crippen LogP contribution in [0.3, 0.4) is 0 Å².